The molecule has 0 radical (unpaired) electrons. The summed E-state index contributed by atoms with van der Waals surface area (Å²) in [6.07, 6.45) is 2.80. The minimum atomic E-state index is -1.85. The molecule has 1 aliphatic carbocycles. The van der Waals surface area contributed by atoms with Gasteiger partial charge in [-0.15, -0.1) is 0 Å². The lowest BCUT2D eigenvalue weighted by Gasteiger charge is -2.39. The highest BCUT2D eigenvalue weighted by atomic mass is 28.4. The fourth-order valence-corrected chi connectivity index (χ4v) is 4.73. The third-order valence-electron chi connectivity index (χ3n) is 6.71. The Hall–Kier alpha value is -1.73. The minimum Gasteiger partial charge on any atom is -0.523 e. The van der Waals surface area contributed by atoms with Crippen molar-refractivity contribution in [2.75, 3.05) is 13.7 Å². The Bertz CT molecular complexity index is 761. The van der Waals surface area contributed by atoms with Gasteiger partial charge in [-0.2, -0.15) is 0 Å². The summed E-state index contributed by atoms with van der Waals surface area (Å²) in [5.41, 5.74) is 1.22. The number of para-hydroxylation sites is 2. The first-order valence-electron chi connectivity index (χ1n) is 10.4. The van der Waals surface area contributed by atoms with Crippen molar-refractivity contribution in [2.45, 2.75) is 58.1 Å². The van der Waals surface area contributed by atoms with Crippen LogP contribution in [0.5, 0.6) is 11.5 Å². The standard InChI is InChI=1S/C22H33BO5Si/c1-15-12-18(23-27-19-10-8-9-11-20(19)28-23)17(21(24)25-5)13-16(15)14-26-29(6,7)22(2,3)4/h8-12,16-18H,13-14H2,1-7H3/t16-,17?,18+/m1/s1. The Morgan fingerprint density at radius 2 is 1.79 bits per heavy atom. The molecule has 0 bridgehead atoms. The van der Waals surface area contributed by atoms with E-state index in [0.29, 0.717) is 13.0 Å². The lowest BCUT2D eigenvalue weighted by atomic mass is 9.59. The average molecular weight is 416 g/mol. The van der Waals surface area contributed by atoms with Crippen molar-refractivity contribution in [3.63, 3.8) is 0 Å². The molecule has 1 aromatic carbocycles. The molecule has 0 aromatic heterocycles. The van der Waals surface area contributed by atoms with Crippen LogP contribution in [0.15, 0.2) is 35.9 Å². The highest BCUT2D eigenvalue weighted by Crippen LogP contribution is 2.45. The Morgan fingerprint density at radius 3 is 2.31 bits per heavy atom. The molecule has 0 N–H and O–H groups in total. The van der Waals surface area contributed by atoms with Gasteiger partial charge >= 0.3 is 13.1 Å². The maximum absolute atomic E-state index is 12.6. The number of rotatable bonds is 5. The number of carbonyl (C=O) groups excluding carboxylic acids is 1. The molecule has 1 aromatic rings. The summed E-state index contributed by atoms with van der Waals surface area (Å²) in [4.78, 5) is 12.6. The zero-order valence-corrected chi connectivity index (χ0v) is 19.7. The van der Waals surface area contributed by atoms with Crippen LogP contribution >= 0.6 is 0 Å². The molecule has 5 nitrogen and oxygen atoms in total. The summed E-state index contributed by atoms with van der Waals surface area (Å²) in [6, 6.07) is 7.60. The summed E-state index contributed by atoms with van der Waals surface area (Å²) >= 11 is 0. The molecule has 158 valence electrons. The Kier molecular flexibility index (Phi) is 6.20. The molecule has 0 spiro atoms. The summed E-state index contributed by atoms with van der Waals surface area (Å²) in [6.45, 7) is 14.0. The molecule has 0 saturated heterocycles. The highest BCUT2D eigenvalue weighted by Gasteiger charge is 2.49. The normalized spacial score (nSPS) is 24.3. The lowest BCUT2D eigenvalue weighted by Crippen LogP contribution is -2.44. The molecule has 29 heavy (non-hydrogen) atoms. The van der Waals surface area contributed by atoms with Crippen LogP contribution in [0.4, 0.5) is 0 Å². The first-order chi connectivity index (χ1) is 13.5. The Labute approximate surface area is 176 Å². The predicted octanol–water partition coefficient (Wildman–Crippen LogP) is 5.09. The van der Waals surface area contributed by atoms with Crippen molar-refractivity contribution in [1.82, 2.24) is 0 Å². The molecule has 0 amide bonds. The van der Waals surface area contributed by atoms with Gasteiger partial charge in [0.1, 0.15) is 11.5 Å². The first-order valence-corrected chi connectivity index (χ1v) is 13.3. The zero-order valence-electron chi connectivity index (χ0n) is 18.7. The van der Waals surface area contributed by atoms with E-state index in [4.69, 9.17) is 18.5 Å². The molecule has 0 saturated carbocycles. The van der Waals surface area contributed by atoms with Crippen LogP contribution in [-0.2, 0) is 14.0 Å². The monoisotopic (exact) mass is 416 g/mol. The lowest BCUT2D eigenvalue weighted by molar-refractivity contribution is -0.146. The van der Waals surface area contributed by atoms with Crippen LogP contribution in [0.2, 0.25) is 23.9 Å². The maximum atomic E-state index is 12.6. The summed E-state index contributed by atoms with van der Waals surface area (Å²) in [5, 5.41) is 0.154. The second-order valence-electron chi connectivity index (χ2n) is 9.67. The maximum Gasteiger partial charge on any atom is 0.603 e. The summed E-state index contributed by atoms with van der Waals surface area (Å²) in [5.74, 6) is 0.883. The number of hydrogen-bond acceptors (Lipinski definition) is 5. The van der Waals surface area contributed by atoms with Gasteiger partial charge in [-0.3, -0.25) is 4.79 Å². The van der Waals surface area contributed by atoms with Gasteiger partial charge in [-0.25, -0.2) is 0 Å². The number of hydrogen-bond donors (Lipinski definition) is 0. The molecule has 1 aliphatic heterocycles. The molecular formula is C22H33BO5Si. The summed E-state index contributed by atoms with van der Waals surface area (Å²) in [7, 11) is -0.933. The van der Waals surface area contributed by atoms with Crippen molar-refractivity contribution in [3.05, 3.63) is 35.9 Å². The predicted molar refractivity (Wildman–Crippen MR) is 118 cm³/mol. The van der Waals surface area contributed by atoms with Crippen molar-refractivity contribution in [3.8, 4) is 11.5 Å². The van der Waals surface area contributed by atoms with E-state index < -0.39 is 15.4 Å². The van der Waals surface area contributed by atoms with Crippen molar-refractivity contribution < 1.29 is 23.3 Å². The van der Waals surface area contributed by atoms with Crippen molar-refractivity contribution >= 4 is 21.4 Å². The van der Waals surface area contributed by atoms with Gasteiger partial charge in [0, 0.05) is 12.5 Å². The van der Waals surface area contributed by atoms with Gasteiger partial charge in [0.2, 0.25) is 0 Å². The SMILES string of the molecule is COC(=O)C1C[C@H](CO[Si](C)(C)C(C)(C)C)C(C)=C[C@@H]1B1Oc2ccccc2O1. The van der Waals surface area contributed by atoms with Gasteiger partial charge in [0.05, 0.1) is 18.8 Å². The van der Waals surface area contributed by atoms with E-state index in [1.165, 1.54) is 12.7 Å². The number of carbonyl (C=O) groups is 1. The number of methoxy groups -OCH3 is 1. The van der Waals surface area contributed by atoms with Crippen LogP contribution in [0.25, 0.3) is 0 Å². The topological polar surface area (TPSA) is 54.0 Å². The Balaban J connectivity index is 1.78. The second kappa shape index (κ2) is 8.19. The van der Waals surface area contributed by atoms with Gasteiger partial charge in [-0.1, -0.05) is 44.6 Å². The third kappa shape index (κ3) is 4.56. The number of benzene rings is 1. The van der Waals surface area contributed by atoms with Gasteiger partial charge in [0.15, 0.2) is 8.32 Å². The largest absolute Gasteiger partial charge is 0.603 e. The first kappa shape index (κ1) is 22.0. The molecular weight excluding hydrogens is 383 g/mol. The fraction of sp³-hybridized carbons (Fsp3) is 0.591. The van der Waals surface area contributed by atoms with E-state index >= 15 is 0 Å². The second-order valence-corrected chi connectivity index (χ2v) is 14.5. The molecule has 0 fully saturated rings. The average Bonchev–Trinajstić information content (AvgIpc) is 3.09. The van der Waals surface area contributed by atoms with Gasteiger partial charge in [0.25, 0.3) is 0 Å². The number of fused-ring (bicyclic) bond motifs is 1. The molecule has 1 unspecified atom stereocenters. The third-order valence-corrected chi connectivity index (χ3v) is 11.2. The van der Waals surface area contributed by atoms with E-state index in [9.17, 15) is 4.79 Å². The number of ether oxygens (including phenoxy) is 1. The van der Waals surface area contributed by atoms with Crippen molar-refractivity contribution in [2.24, 2.45) is 11.8 Å². The van der Waals surface area contributed by atoms with E-state index in [0.717, 1.165) is 11.5 Å². The van der Waals surface area contributed by atoms with Crippen LogP contribution in [0, 0.1) is 11.8 Å². The fourth-order valence-electron chi connectivity index (χ4n) is 3.68. The molecule has 3 atom stereocenters. The van der Waals surface area contributed by atoms with E-state index in [2.05, 4.69) is 46.9 Å². The minimum absolute atomic E-state index is 0.154. The van der Waals surface area contributed by atoms with Gasteiger partial charge in [-0.05, 0) is 43.6 Å². The van der Waals surface area contributed by atoms with Crippen LogP contribution in [-0.4, -0.2) is 35.1 Å². The van der Waals surface area contributed by atoms with E-state index in [1.54, 1.807) is 0 Å². The van der Waals surface area contributed by atoms with Crippen LogP contribution in [0.1, 0.15) is 34.1 Å². The van der Waals surface area contributed by atoms with Gasteiger partial charge < -0.3 is 18.5 Å². The summed E-state index contributed by atoms with van der Waals surface area (Å²) < 4.78 is 23.6. The Morgan fingerprint density at radius 1 is 1.21 bits per heavy atom. The van der Waals surface area contributed by atoms with E-state index in [-0.39, 0.29) is 28.7 Å². The highest BCUT2D eigenvalue weighted by molar-refractivity contribution is 6.74. The molecule has 2 aliphatic rings. The van der Waals surface area contributed by atoms with Crippen molar-refractivity contribution in [1.29, 1.82) is 0 Å². The van der Waals surface area contributed by atoms with E-state index in [1.807, 2.05) is 24.3 Å². The van der Waals surface area contributed by atoms with Crippen LogP contribution in [0.3, 0.4) is 0 Å². The van der Waals surface area contributed by atoms with Crippen LogP contribution < -0.4 is 9.31 Å². The molecule has 3 rings (SSSR count). The quantitative estimate of drug-likeness (QED) is 0.380. The number of allylic oxidation sites excluding steroid dienone is 1. The smallest absolute Gasteiger partial charge is 0.523 e. The molecule has 1 heterocycles. The molecule has 7 heteroatoms. The zero-order chi connectivity index (χ0) is 21.4. The number of esters is 1.